The molecule has 1 unspecified atom stereocenters. The van der Waals surface area contributed by atoms with E-state index < -0.39 is 17.7 Å². The summed E-state index contributed by atoms with van der Waals surface area (Å²) in [7, 11) is 1.58. The van der Waals surface area contributed by atoms with Gasteiger partial charge in [0, 0.05) is 96.3 Å². The summed E-state index contributed by atoms with van der Waals surface area (Å²) in [6.07, 6.45) is 21.4. The zero-order valence-corrected chi connectivity index (χ0v) is 57.5. The molecule has 3 saturated carbocycles. The first-order valence-electron chi connectivity index (χ1n) is 35.5. The summed E-state index contributed by atoms with van der Waals surface area (Å²) >= 11 is 0. The Morgan fingerprint density at radius 3 is 1.24 bits per heavy atom. The van der Waals surface area contributed by atoms with Gasteiger partial charge < -0.3 is 34.3 Å². The van der Waals surface area contributed by atoms with Gasteiger partial charge in [0.15, 0.2) is 23.1 Å². The van der Waals surface area contributed by atoms with Crippen molar-refractivity contribution in [1.82, 2.24) is 54.6 Å². The minimum absolute atomic E-state index is 0.0265. The van der Waals surface area contributed by atoms with E-state index >= 15 is 0 Å². The Bertz CT molecular complexity index is 5020. The Balaban J connectivity index is 0.000000129. The Labute approximate surface area is 582 Å². The summed E-state index contributed by atoms with van der Waals surface area (Å²) in [6, 6.07) is 34.9. The van der Waals surface area contributed by atoms with E-state index in [-0.39, 0.29) is 54.0 Å². The van der Waals surface area contributed by atoms with Crippen LogP contribution in [0.2, 0.25) is 0 Å². The quantitative estimate of drug-likeness (QED) is 0.0501. The molecule has 13 aromatic rings. The number of rotatable bonds is 17. The third-order valence-corrected chi connectivity index (χ3v) is 21.6. The highest BCUT2D eigenvalue weighted by atomic mass is 19.1. The Morgan fingerprint density at radius 1 is 0.446 bits per heavy atom. The average Bonchev–Trinajstić information content (AvgIpc) is 1.76. The second-order valence-electron chi connectivity index (χ2n) is 28.0. The number of pyridine rings is 3. The number of halogens is 5. The van der Waals surface area contributed by atoms with Crippen molar-refractivity contribution in [2.75, 3.05) is 26.9 Å². The van der Waals surface area contributed by atoms with Gasteiger partial charge in [0.2, 0.25) is 0 Å². The van der Waals surface area contributed by atoms with Crippen LogP contribution in [0.25, 0.3) is 71.5 Å². The summed E-state index contributed by atoms with van der Waals surface area (Å²) in [5.41, 5.74) is 11.9. The molecule has 7 heterocycles. The first-order valence-corrected chi connectivity index (χ1v) is 35.5. The summed E-state index contributed by atoms with van der Waals surface area (Å²) in [5.74, 6) is 5.06. The van der Waals surface area contributed by atoms with E-state index in [2.05, 4.69) is 80.0 Å². The van der Waals surface area contributed by atoms with Gasteiger partial charge in [0.1, 0.15) is 48.1 Å². The van der Waals surface area contributed by atoms with Gasteiger partial charge in [-0.3, -0.25) is 15.0 Å². The van der Waals surface area contributed by atoms with Crippen LogP contribution in [0.15, 0.2) is 152 Å². The molecule has 16 rings (SSSR count). The number of aromatic amines is 3. The summed E-state index contributed by atoms with van der Waals surface area (Å²) in [4.78, 5) is 37.8. The molecule has 3 fully saturated rings. The largest absolute Gasteiger partial charge is 0.488 e. The zero-order valence-electron chi connectivity index (χ0n) is 57.5. The monoisotopic (exact) mass is 1370 g/mol. The summed E-state index contributed by atoms with van der Waals surface area (Å²) in [5, 5.41) is 16.5. The smallest absolute Gasteiger partial charge is 0.167 e. The number of nitrogens with zero attached hydrogens (tertiary/aromatic N) is 8. The number of nitrogens with one attached hydrogen (secondary N) is 3. The van der Waals surface area contributed by atoms with Crippen molar-refractivity contribution in [3.8, 4) is 17.2 Å². The highest BCUT2D eigenvalue weighted by Gasteiger charge is 2.33. The first kappa shape index (κ1) is 68.5. The molecule has 101 heavy (non-hydrogen) atoms. The number of methoxy groups -OCH3 is 1. The second kappa shape index (κ2) is 30.3. The SMILES string of the molecule is CC(O)COc1cc2nc([C@H](C)C3CCC(c4ccnc5ccc(F)cc45)CC3)[nH]c2cc1F.COCCOc1cc2nc([C@H](C)C3CCC(c4ccnc5ccc(F)cc45)CC3)[nH]c2cc1F.C[C@@H](c1nc2ccc(-n3cccn3)cc2[nH]1)C1CCC(c2ccnc3ccc(F)cc23)CC1. The van der Waals surface area contributed by atoms with Crippen LogP contribution in [0.3, 0.4) is 0 Å². The van der Waals surface area contributed by atoms with Crippen LogP contribution >= 0.6 is 0 Å². The molecule has 522 valence electrons. The third-order valence-electron chi connectivity index (χ3n) is 21.6. The number of hydrogen-bond donors (Lipinski definition) is 4. The van der Waals surface area contributed by atoms with Gasteiger partial charge in [0.25, 0.3) is 0 Å². The van der Waals surface area contributed by atoms with Crippen LogP contribution in [-0.2, 0) is 4.74 Å². The first-order chi connectivity index (χ1) is 49.1. The molecule has 4 atom stereocenters. The number of ether oxygens (including phenoxy) is 3. The predicted molar refractivity (Wildman–Crippen MR) is 384 cm³/mol. The number of hydrogen-bond acceptors (Lipinski definition) is 11. The maximum Gasteiger partial charge on any atom is 0.167 e. The van der Waals surface area contributed by atoms with Crippen molar-refractivity contribution in [3.63, 3.8) is 0 Å². The lowest BCUT2D eigenvalue weighted by Gasteiger charge is -2.32. The topological polar surface area (TPSA) is 190 Å². The van der Waals surface area contributed by atoms with Gasteiger partial charge in [-0.2, -0.15) is 5.10 Å². The minimum Gasteiger partial charge on any atom is -0.488 e. The van der Waals surface area contributed by atoms with Gasteiger partial charge in [-0.05, 0) is 233 Å². The molecular weight excluding hydrogens is 1290 g/mol. The summed E-state index contributed by atoms with van der Waals surface area (Å²) in [6.45, 7) is 8.94. The van der Waals surface area contributed by atoms with Crippen LogP contribution in [-0.4, -0.2) is 92.8 Å². The minimum atomic E-state index is -0.677. The van der Waals surface area contributed by atoms with Crippen LogP contribution < -0.4 is 9.47 Å². The molecular formula is C81H84F5N11O4. The number of H-pyrrole nitrogens is 3. The number of imidazole rings is 3. The van der Waals surface area contributed by atoms with E-state index in [4.69, 9.17) is 29.2 Å². The van der Waals surface area contributed by atoms with E-state index in [1.165, 1.54) is 47.0 Å². The number of aliphatic hydroxyl groups is 1. The number of benzene rings is 6. The normalized spacial score (nSPS) is 20.0. The highest BCUT2D eigenvalue weighted by molar-refractivity contribution is 5.85. The third kappa shape index (κ3) is 15.2. The molecule has 7 aromatic heterocycles. The number of fused-ring (bicyclic) bond motifs is 6. The fraction of sp³-hybridized carbons (Fsp3) is 0.370. The summed E-state index contributed by atoms with van der Waals surface area (Å²) < 4.78 is 88.1. The predicted octanol–water partition coefficient (Wildman–Crippen LogP) is 19.2. The Kier molecular flexibility index (Phi) is 20.5. The maximum absolute atomic E-state index is 14.4. The van der Waals surface area contributed by atoms with Crippen LogP contribution in [0, 0.1) is 46.8 Å². The molecule has 3 aliphatic rings. The van der Waals surface area contributed by atoms with E-state index in [0.29, 0.717) is 70.1 Å². The van der Waals surface area contributed by atoms with Crippen molar-refractivity contribution < 1.29 is 41.3 Å². The van der Waals surface area contributed by atoms with Gasteiger partial charge in [0.05, 0.1) is 68.0 Å². The lowest BCUT2D eigenvalue weighted by atomic mass is 9.73. The van der Waals surface area contributed by atoms with Crippen LogP contribution in [0.5, 0.6) is 11.5 Å². The Morgan fingerprint density at radius 2 is 0.842 bits per heavy atom. The van der Waals surface area contributed by atoms with E-state index in [9.17, 15) is 27.1 Å². The zero-order chi connectivity index (χ0) is 69.8. The molecule has 4 N–H and O–H groups in total. The van der Waals surface area contributed by atoms with Crippen molar-refractivity contribution in [3.05, 3.63) is 216 Å². The fourth-order valence-corrected chi connectivity index (χ4v) is 15.9. The van der Waals surface area contributed by atoms with E-state index in [0.717, 1.165) is 144 Å². The van der Waals surface area contributed by atoms with Crippen molar-refractivity contribution >= 4 is 65.8 Å². The molecule has 15 nitrogen and oxygen atoms in total. The molecule has 0 aliphatic heterocycles. The molecule has 3 aliphatic carbocycles. The van der Waals surface area contributed by atoms with E-state index in [1.807, 2.05) is 47.7 Å². The molecule has 0 spiro atoms. The lowest BCUT2D eigenvalue weighted by Crippen LogP contribution is -2.19. The molecule has 0 radical (unpaired) electrons. The van der Waals surface area contributed by atoms with Gasteiger partial charge in [-0.15, -0.1) is 0 Å². The molecule has 0 amide bonds. The molecule has 0 bridgehead atoms. The van der Waals surface area contributed by atoms with Gasteiger partial charge >= 0.3 is 0 Å². The maximum atomic E-state index is 14.4. The average molecular weight is 1370 g/mol. The molecule has 0 saturated heterocycles. The fourth-order valence-electron chi connectivity index (χ4n) is 15.9. The van der Waals surface area contributed by atoms with Gasteiger partial charge in [-0.25, -0.2) is 41.6 Å². The molecule has 6 aromatic carbocycles. The van der Waals surface area contributed by atoms with E-state index in [1.54, 1.807) is 68.8 Å². The van der Waals surface area contributed by atoms with Crippen molar-refractivity contribution in [2.24, 2.45) is 17.8 Å². The number of aromatic nitrogens is 11. The highest BCUT2D eigenvalue weighted by Crippen LogP contribution is 2.47. The van der Waals surface area contributed by atoms with Crippen LogP contribution in [0.1, 0.15) is 174 Å². The number of aliphatic hydroxyl groups excluding tert-OH is 1. The second-order valence-corrected chi connectivity index (χ2v) is 28.0. The Hall–Kier alpha value is -9.66. The molecule has 20 heteroatoms. The standard InChI is InChI=1S/2C27H29F2N3O2.C27H26FN5/c1-15(33)14-34-26-13-25-24(12-22(26)29)31-27(32-25)16(2)17-3-5-18(6-4-17)20-9-10-30-23-8-7-19(28)11-21(20)23;1-16(27-31-24-14-22(29)26(15-25(24)32-27)34-12-11-33-2)17-3-5-18(6-4-17)20-9-10-30-23-8-7-19(28)13-21(20)23;1-17(27-31-25-10-8-21(16-26(25)32-27)33-14-2-12-30-33)18-3-5-19(6-4-18)22-11-13-29-24-9-7-20(28)15-23(22)24/h7-13,15-18,33H,3-6,14H2,1-2H3,(H,31,32);7-10,13-18H,3-6,11-12H2,1-2H3,(H,31,32);2,7-19H,3-6H2,1H3,(H,31,32)/t15?,16-,17?,18?;16-,17?,18?;17-,18?,19?/m111/s1. The lowest BCUT2D eigenvalue weighted by molar-refractivity contribution is 0.120. The van der Waals surface area contributed by atoms with Crippen LogP contribution in [0.4, 0.5) is 22.0 Å². The van der Waals surface area contributed by atoms with Gasteiger partial charge in [-0.1, -0.05) is 20.8 Å². The van der Waals surface area contributed by atoms with Crippen molar-refractivity contribution in [1.29, 1.82) is 0 Å². The van der Waals surface area contributed by atoms with Crippen molar-refractivity contribution in [2.45, 2.75) is 146 Å².